The predicted molar refractivity (Wildman–Crippen MR) is 149 cm³/mol. The summed E-state index contributed by atoms with van der Waals surface area (Å²) in [5, 5.41) is 13.2. The number of carbonyl (C=O) groups is 3. The minimum absolute atomic E-state index is 0.0335. The number of hydrogen-bond acceptors (Lipinski definition) is 6. The lowest BCUT2D eigenvalue weighted by Gasteiger charge is -2.42. The van der Waals surface area contributed by atoms with Crippen molar-refractivity contribution >= 4 is 17.8 Å². The predicted octanol–water partition coefficient (Wildman–Crippen LogP) is 4.16. The van der Waals surface area contributed by atoms with E-state index in [1.165, 1.54) is 20.3 Å². The molecule has 8 nitrogen and oxygen atoms in total. The molecule has 0 spiro atoms. The standard InChI is InChI=1S/C32H34N2O6/c1-39-27-14-8-13-26(35)28(27)29(36)33-22-16-19-34(20-17-22)30(37)24-15-18-32(31(38)40-2,21-9-4-3-5-10-21)25-12-7-6-11-23(24)25/h3-14,22,24,35H,15-20H2,1-2H3,(H,33,36)/t24-,32+/m1/s1. The summed E-state index contributed by atoms with van der Waals surface area (Å²) < 4.78 is 10.6. The van der Waals surface area contributed by atoms with Crippen LogP contribution in [-0.2, 0) is 19.7 Å². The van der Waals surface area contributed by atoms with Crippen LogP contribution >= 0.6 is 0 Å². The number of esters is 1. The molecule has 1 aliphatic carbocycles. The number of nitrogens with zero attached hydrogens (tertiary/aromatic N) is 1. The van der Waals surface area contributed by atoms with Crippen LogP contribution in [0.15, 0.2) is 72.8 Å². The number of aromatic hydroxyl groups is 1. The number of ether oxygens (including phenoxy) is 2. The van der Waals surface area contributed by atoms with Crippen molar-refractivity contribution in [1.82, 2.24) is 10.2 Å². The van der Waals surface area contributed by atoms with E-state index < -0.39 is 11.3 Å². The molecule has 3 aromatic carbocycles. The Bertz CT molecular complexity index is 1400. The number of carbonyl (C=O) groups excluding carboxylic acids is 3. The Hall–Kier alpha value is -4.33. The van der Waals surface area contributed by atoms with Gasteiger partial charge in [-0.3, -0.25) is 14.4 Å². The van der Waals surface area contributed by atoms with Crippen LogP contribution in [-0.4, -0.2) is 61.1 Å². The maximum absolute atomic E-state index is 13.9. The van der Waals surface area contributed by atoms with E-state index in [0.717, 1.165) is 16.7 Å². The topological polar surface area (TPSA) is 105 Å². The maximum Gasteiger partial charge on any atom is 0.320 e. The summed E-state index contributed by atoms with van der Waals surface area (Å²) >= 11 is 0. The smallest absolute Gasteiger partial charge is 0.320 e. The number of benzene rings is 3. The Morgan fingerprint density at radius 1 is 0.900 bits per heavy atom. The molecule has 3 aromatic rings. The van der Waals surface area contributed by atoms with Crippen LogP contribution in [0.2, 0.25) is 0 Å². The van der Waals surface area contributed by atoms with Crippen LogP contribution in [0.4, 0.5) is 0 Å². The molecule has 2 atom stereocenters. The Kier molecular flexibility index (Phi) is 7.78. The molecule has 40 heavy (non-hydrogen) atoms. The Labute approximate surface area is 233 Å². The van der Waals surface area contributed by atoms with Crippen LogP contribution in [0.5, 0.6) is 11.5 Å². The number of piperidine rings is 1. The second-order valence-corrected chi connectivity index (χ2v) is 10.4. The SMILES string of the molecule is COC(=O)[C@]1(c2ccccc2)CC[C@@H](C(=O)N2CCC(NC(=O)c3c(O)cccc3OC)CC2)c2ccccc21. The van der Waals surface area contributed by atoms with Crippen molar-refractivity contribution in [3.05, 3.63) is 95.1 Å². The Balaban J connectivity index is 1.32. The van der Waals surface area contributed by atoms with Gasteiger partial charge in [-0.15, -0.1) is 0 Å². The van der Waals surface area contributed by atoms with Gasteiger partial charge in [0.15, 0.2) is 0 Å². The molecule has 2 aliphatic rings. The van der Waals surface area contributed by atoms with Gasteiger partial charge in [-0.1, -0.05) is 60.7 Å². The van der Waals surface area contributed by atoms with Gasteiger partial charge in [0.2, 0.25) is 5.91 Å². The van der Waals surface area contributed by atoms with Gasteiger partial charge >= 0.3 is 5.97 Å². The lowest BCUT2D eigenvalue weighted by Crippen LogP contribution is -2.49. The van der Waals surface area contributed by atoms with E-state index in [-0.39, 0.29) is 35.1 Å². The van der Waals surface area contributed by atoms with Crippen LogP contribution in [0, 0.1) is 0 Å². The average Bonchev–Trinajstić information content (AvgIpc) is 3.00. The van der Waals surface area contributed by atoms with Gasteiger partial charge in [-0.2, -0.15) is 0 Å². The van der Waals surface area contributed by atoms with Gasteiger partial charge in [0, 0.05) is 19.1 Å². The van der Waals surface area contributed by atoms with Crippen LogP contribution in [0.25, 0.3) is 0 Å². The molecule has 2 amide bonds. The minimum Gasteiger partial charge on any atom is -0.507 e. The van der Waals surface area contributed by atoms with Gasteiger partial charge in [-0.25, -0.2) is 0 Å². The zero-order valence-electron chi connectivity index (χ0n) is 22.8. The largest absolute Gasteiger partial charge is 0.507 e. The first-order chi connectivity index (χ1) is 19.4. The average molecular weight is 543 g/mol. The molecule has 1 saturated heterocycles. The Morgan fingerprint density at radius 3 is 2.30 bits per heavy atom. The molecule has 1 fully saturated rings. The van der Waals surface area contributed by atoms with Crippen molar-refractivity contribution in [1.29, 1.82) is 0 Å². The third-order valence-corrected chi connectivity index (χ3v) is 8.30. The fraction of sp³-hybridized carbons (Fsp3) is 0.344. The number of amides is 2. The summed E-state index contributed by atoms with van der Waals surface area (Å²) in [7, 11) is 2.86. The number of methoxy groups -OCH3 is 2. The molecule has 0 radical (unpaired) electrons. The number of likely N-dealkylation sites (tertiary alicyclic amines) is 1. The molecule has 1 heterocycles. The molecule has 0 saturated carbocycles. The molecular weight excluding hydrogens is 508 g/mol. The van der Waals surface area contributed by atoms with Gasteiger partial charge in [-0.05, 0) is 54.5 Å². The fourth-order valence-electron chi connectivity index (χ4n) is 6.26. The molecule has 8 heteroatoms. The maximum atomic E-state index is 13.9. The quantitative estimate of drug-likeness (QED) is 0.454. The molecule has 0 unspecified atom stereocenters. The molecule has 208 valence electrons. The van der Waals surface area contributed by atoms with Gasteiger partial charge in [0.05, 0.1) is 20.1 Å². The monoisotopic (exact) mass is 542 g/mol. The van der Waals surface area contributed by atoms with Gasteiger partial charge in [0.1, 0.15) is 22.5 Å². The highest BCUT2D eigenvalue weighted by molar-refractivity contribution is 5.99. The summed E-state index contributed by atoms with van der Waals surface area (Å²) in [4.78, 5) is 42.0. The Morgan fingerprint density at radius 2 is 1.60 bits per heavy atom. The third kappa shape index (κ3) is 4.78. The van der Waals surface area contributed by atoms with E-state index in [1.807, 2.05) is 59.5 Å². The summed E-state index contributed by atoms with van der Waals surface area (Å²) in [6.45, 7) is 1.00. The third-order valence-electron chi connectivity index (χ3n) is 8.30. The molecular formula is C32H34N2O6. The van der Waals surface area contributed by atoms with E-state index in [1.54, 1.807) is 12.1 Å². The first kappa shape index (κ1) is 27.2. The second-order valence-electron chi connectivity index (χ2n) is 10.4. The van der Waals surface area contributed by atoms with Crippen LogP contribution in [0.1, 0.15) is 58.6 Å². The summed E-state index contributed by atoms with van der Waals surface area (Å²) in [5.74, 6) is -0.894. The minimum atomic E-state index is -0.968. The second kappa shape index (κ2) is 11.4. The van der Waals surface area contributed by atoms with E-state index in [0.29, 0.717) is 44.5 Å². The van der Waals surface area contributed by atoms with Crippen molar-refractivity contribution < 1.29 is 29.0 Å². The molecule has 1 aliphatic heterocycles. The van der Waals surface area contributed by atoms with E-state index in [2.05, 4.69) is 5.32 Å². The summed E-state index contributed by atoms with van der Waals surface area (Å²) in [6, 6.07) is 21.9. The zero-order valence-corrected chi connectivity index (χ0v) is 22.8. The van der Waals surface area contributed by atoms with Crippen molar-refractivity contribution in [3.8, 4) is 11.5 Å². The lowest BCUT2D eigenvalue weighted by molar-refractivity contribution is -0.147. The van der Waals surface area contributed by atoms with Gasteiger partial charge in [0.25, 0.3) is 5.91 Å². The van der Waals surface area contributed by atoms with E-state index in [4.69, 9.17) is 9.47 Å². The van der Waals surface area contributed by atoms with Crippen molar-refractivity contribution in [2.75, 3.05) is 27.3 Å². The zero-order chi connectivity index (χ0) is 28.3. The molecule has 2 N–H and O–H groups in total. The highest BCUT2D eigenvalue weighted by Crippen LogP contribution is 2.48. The summed E-state index contributed by atoms with van der Waals surface area (Å²) in [5.41, 5.74) is 1.67. The number of nitrogens with one attached hydrogen (secondary N) is 1. The highest BCUT2D eigenvalue weighted by Gasteiger charge is 2.49. The molecule has 0 bridgehead atoms. The van der Waals surface area contributed by atoms with Crippen molar-refractivity contribution in [3.63, 3.8) is 0 Å². The fourth-order valence-corrected chi connectivity index (χ4v) is 6.26. The van der Waals surface area contributed by atoms with E-state index >= 15 is 0 Å². The van der Waals surface area contributed by atoms with E-state index in [9.17, 15) is 19.5 Å². The molecule has 5 rings (SSSR count). The number of rotatable bonds is 6. The number of fused-ring (bicyclic) bond motifs is 1. The van der Waals surface area contributed by atoms with Crippen molar-refractivity contribution in [2.45, 2.75) is 43.1 Å². The van der Waals surface area contributed by atoms with Crippen LogP contribution < -0.4 is 10.1 Å². The molecule has 0 aromatic heterocycles. The highest BCUT2D eigenvalue weighted by atomic mass is 16.5. The number of hydrogen-bond donors (Lipinski definition) is 2. The van der Waals surface area contributed by atoms with Crippen molar-refractivity contribution in [2.24, 2.45) is 0 Å². The van der Waals surface area contributed by atoms with Crippen LogP contribution in [0.3, 0.4) is 0 Å². The normalized spacial score (nSPS) is 20.8. The first-order valence-electron chi connectivity index (χ1n) is 13.6. The van der Waals surface area contributed by atoms with Gasteiger partial charge < -0.3 is 24.8 Å². The number of phenolic OH excluding ortho intramolecular Hbond substituents is 1. The first-order valence-corrected chi connectivity index (χ1v) is 13.6. The number of phenols is 1. The summed E-state index contributed by atoms with van der Waals surface area (Å²) in [6.07, 6.45) is 2.17. The lowest BCUT2D eigenvalue weighted by atomic mass is 9.63.